The molecule has 0 bridgehead atoms. The van der Waals surface area contributed by atoms with Crippen LogP contribution in [0.4, 0.5) is 0 Å². The summed E-state index contributed by atoms with van der Waals surface area (Å²) in [5.41, 5.74) is 2.30. The second-order valence-electron chi connectivity index (χ2n) is 3.56. The maximum absolute atomic E-state index is 9.57. The molecule has 3 heteroatoms. The summed E-state index contributed by atoms with van der Waals surface area (Å²) in [5.74, 6) is 0.259. The first-order valence-corrected chi connectivity index (χ1v) is 4.72. The van der Waals surface area contributed by atoms with Gasteiger partial charge in [-0.25, -0.2) is 0 Å². The highest BCUT2D eigenvalue weighted by molar-refractivity contribution is 6.05. The first kappa shape index (κ1) is 8.29. The molecule has 0 aliphatic carbocycles. The summed E-state index contributed by atoms with van der Waals surface area (Å²) in [5, 5.41) is 11.5. The number of hydrogen-bond acceptors (Lipinski definition) is 3. The van der Waals surface area contributed by atoms with Gasteiger partial charge in [-0.3, -0.25) is 4.98 Å². The van der Waals surface area contributed by atoms with Gasteiger partial charge in [-0.15, -0.1) is 0 Å². The molecular formula is C12H9NO2. The smallest absolute Gasteiger partial charge is 0.142 e. The minimum Gasteiger partial charge on any atom is -0.508 e. The number of aryl methyl sites for hydroxylation is 1. The third-order valence-corrected chi connectivity index (χ3v) is 2.66. The summed E-state index contributed by atoms with van der Waals surface area (Å²) in [6.07, 6.45) is 3.47. The van der Waals surface area contributed by atoms with Crippen molar-refractivity contribution >= 4 is 21.9 Å². The van der Waals surface area contributed by atoms with Gasteiger partial charge in [0.05, 0.1) is 0 Å². The predicted molar refractivity (Wildman–Crippen MR) is 57.9 cm³/mol. The molecule has 74 valence electrons. The zero-order valence-electron chi connectivity index (χ0n) is 8.19. The van der Waals surface area contributed by atoms with Crippen LogP contribution in [0, 0.1) is 6.92 Å². The highest BCUT2D eigenvalue weighted by Gasteiger charge is 2.10. The van der Waals surface area contributed by atoms with E-state index in [0.29, 0.717) is 0 Å². The maximum Gasteiger partial charge on any atom is 0.142 e. The number of aromatic nitrogens is 1. The monoisotopic (exact) mass is 199 g/mol. The fourth-order valence-electron chi connectivity index (χ4n) is 1.81. The minimum absolute atomic E-state index is 0.259. The molecule has 0 unspecified atom stereocenters. The van der Waals surface area contributed by atoms with E-state index in [1.165, 1.54) is 0 Å². The van der Waals surface area contributed by atoms with Crippen molar-refractivity contribution < 1.29 is 9.52 Å². The van der Waals surface area contributed by atoms with Crippen LogP contribution in [0.5, 0.6) is 5.75 Å². The Hall–Kier alpha value is -2.03. The van der Waals surface area contributed by atoms with Gasteiger partial charge >= 0.3 is 0 Å². The molecule has 0 fully saturated rings. The topological polar surface area (TPSA) is 46.3 Å². The van der Waals surface area contributed by atoms with E-state index in [2.05, 4.69) is 4.98 Å². The lowest BCUT2D eigenvalue weighted by Crippen LogP contribution is -1.74. The van der Waals surface area contributed by atoms with Crippen LogP contribution in [0.3, 0.4) is 0 Å². The Balaban J connectivity index is 2.60. The molecular weight excluding hydrogens is 190 g/mol. The molecule has 0 saturated carbocycles. The molecule has 0 spiro atoms. The Morgan fingerprint density at radius 2 is 2.07 bits per heavy atom. The van der Waals surface area contributed by atoms with Crippen LogP contribution in [0.15, 0.2) is 35.0 Å². The quantitative estimate of drug-likeness (QED) is 0.605. The molecule has 2 aromatic heterocycles. The predicted octanol–water partition coefficient (Wildman–Crippen LogP) is 3.00. The highest BCUT2D eigenvalue weighted by atomic mass is 16.3. The number of hydrogen-bond donors (Lipinski definition) is 1. The van der Waals surface area contributed by atoms with E-state index < -0.39 is 0 Å². The molecule has 3 nitrogen and oxygen atoms in total. The van der Waals surface area contributed by atoms with Gasteiger partial charge in [0, 0.05) is 28.7 Å². The minimum atomic E-state index is 0.259. The molecule has 0 saturated heterocycles. The summed E-state index contributed by atoms with van der Waals surface area (Å²) in [6, 6.07) is 5.36. The van der Waals surface area contributed by atoms with Crippen LogP contribution in [0.1, 0.15) is 5.56 Å². The second kappa shape index (κ2) is 2.73. The van der Waals surface area contributed by atoms with Gasteiger partial charge in [-0.05, 0) is 25.1 Å². The van der Waals surface area contributed by atoms with Gasteiger partial charge in [0.25, 0.3) is 0 Å². The summed E-state index contributed by atoms with van der Waals surface area (Å²) in [6.45, 7) is 1.84. The van der Waals surface area contributed by atoms with Gasteiger partial charge < -0.3 is 9.52 Å². The Morgan fingerprint density at radius 3 is 2.93 bits per heavy atom. The first-order chi connectivity index (χ1) is 7.27. The third kappa shape index (κ3) is 1.03. The van der Waals surface area contributed by atoms with E-state index in [-0.39, 0.29) is 5.75 Å². The SMILES string of the molecule is Cc1c(O)ccc2c1oc1ccncc12. The van der Waals surface area contributed by atoms with Crippen LogP contribution in [0.2, 0.25) is 0 Å². The highest BCUT2D eigenvalue weighted by Crippen LogP contribution is 2.33. The molecule has 0 amide bonds. The maximum atomic E-state index is 9.57. The first-order valence-electron chi connectivity index (χ1n) is 4.72. The molecule has 0 radical (unpaired) electrons. The summed E-state index contributed by atoms with van der Waals surface area (Å²) in [7, 11) is 0. The number of pyridine rings is 1. The van der Waals surface area contributed by atoms with Crippen molar-refractivity contribution in [3.05, 3.63) is 36.2 Å². The Morgan fingerprint density at radius 1 is 1.20 bits per heavy atom. The molecule has 2 heterocycles. The van der Waals surface area contributed by atoms with E-state index >= 15 is 0 Å². The van der Waals surface area contributed by atoms with Crippen LogP contribution < -0.4 is 0 Å². The van der Waals surface area contributed by atoms with E-state index in [0.717, 1.165) is 27.5 Å². The lowest BCUT2D eigenvalue weighted by atomic mass is 10.1. The van der Waals surface area contributed by atoms with Crippen molar-refractivity contribution in [1.82, 2.24) is 4.98 Å². The lowest BCUT2D eigenvalue weighted by molar-refractivity contribution is 0.470. The molecule has 15 heavy (non-hydrogen) atoms. The average molecular weight is 199 g/mol. The normalized spacial score (nSPS) is 11.3. The van der Waals surface area contributed by atoms with E-state index in [1.807, 2.05) is 19.1 Å². The number of rotatable bonds is 0. The summed E-state index contributed by atoms with van der Waals surface area (Å²) >= 11 is 0. The number of nitrogens with zero attached hydrogens (tertiary/aromatic N) is 1. The van der Waals surface area contributed by atoms with Crippen LogP contribution in [0.25, 0.3) is 21.9 Å². The van der Waals surface area contributed by atoms with Gasteiger partial charge in [0.2, 0.25) is 0 Å². The van der Waals surface area contributed by atoms with Crippen molar-refractivity contribution in [1.29, 1.82) is 0 Å². The van der Waals surface area contributed by atoms with Gasteiger partial charge in [-0.2, -0.15) is 0 Å². The number of phenols is 1. The Labute approximate surface area is 86.0 Å². The van der Waals surface area contributed by atoms with Crippen molar-refractivity contribution in [3.8, 4) is 5.75 Å². The van der Waals surface area contributed by atoms with Crippen molar-refractivity contribution in [3.63, 3.8) is 0 Å². The van der Waals surface area contributed by atoms with Crippen molar-refractivity contribution in [2.24, 2.45) is 0 Å². The van der Waals surface area contributed by atoms with Crippen LogP contribution in [-0.4, -0.2) is 10.1 Å². The summed E-state index contributed by atoms with van der Waals surface area (Å²) in [4.78, 5) is 4.06. The van der Waals surface area contributed by atoms with Gasteiger partial charge in [0.1, 0.15) is 16.9 Å². The molecule has 1 aromatic carbocycles. The van der Waals surface area contributed by atoms with E-state index in [1.54, 1.807) is 18.5 Å². The number of aromatic hydroxyl groups is 1. The van der Waals surface area contributed by atoms with Crippen LogP contribution >= 0.6 is 0 Å². The van der Waals surface area contributed by atoms with Gasteiger partial charge in [-0.1, -0.05) is 0 Å². The number of phenolic OH excluding ortho intramolecular Hbond substituents is 1. The van der Waals surface area contributed by atoms with E-state index in [4.69, 9.17) is 4.42 Å². The lowest BCUT2D eigenvalue weighted by Gasteiger charge is -1.97. The second-order valence-corrected chi connectivity index (χ2v) is 3.56. The number of fused-ring (bicyclic) bond motifs is 3. The van der Waals surface area contributed by atoms with Crippen LogP contribution in [-0.2, 0) is 0 Å². The largest absolute Gasteiger partial charge is 0.508 e. The van der Waals surface area contributed by atoms with Gasteiger partial charge in [0.15, 0.2) is 0 Å². The molecule has 0 atom stereocenters. The zero-order chi connectivity index (χ0) is 10.4. The zero-order valence-corrected chi connectivity index (χ0v) is 8.19. The van der Waals surface area contributed by atoms with E-state index in [9.17, 15) is 5.11 Å². The fraction of sp³-hybridized carbons (Fsp3) is 0.0833. The average Bonchev–Trinajstić information content (AvgIpc) is 2.63. The fourth-order valence-corrected chi connectivity index (χ4v) is 1.81. The molecule has 3 rings (SSSR count). The Bertz CT molecular complexity index is 655. The standard InChI is InChI=1S/C12H9NO2/c1-7-10(14)3-2-8-9-6-13-5-4-11(9)15-12(7)8/h2-6,14H,1H3. The Kier molecular flexibility index (Phi) is 1.51. The molecule has 1 N–H and O–H groups in total. The summed E-state index contributed by atoms with van der Waals surface area (Å²) < 4.78 is 5.66. The number of benzene rings is 1. The van der Waals surface area contributed by atoms with Crippen molar-refractivity contribution in [2.45, 2.75) is 6.92 Å². The molecule has 3 aromatic rings. The third-order valence-electron chi connectivity index (χ3n) is 2.66. The molecule has 0 aliphatic rings. The number of furan rings is 1. The molecule has 0 aliphatic heterocycles. The van der Waals surface area contributed by atoms with Crippen molar-refractivity contribution in [2.75, 3.05) is 0 Å².